The Balaban J connectivity index is 1.48. The number of halogens is 4. The minimum atomic E-state index is -4.61. The van der Waals surface area contributed by atoms with Crippen LogP contribution in [0.25, 0.3) is 0 Å². The van der Waals surface area contributed by atoms with Gasteiger partial charge in [0.15, 0.2) is 5.69 Å². The van der Waals surface area contributed by atoms with Gasteiger partial charge < -0.3 is 10.0 Å². The van der Waals surface area contributed by atoms with Gasteiger partial charge in [-0.2, -0.15) is 18.3 Å². The number of hydrogen-bond acceptors (Lipinski definition) is 4. The van der Waals surface area contributed by atoms with Crippen molar-refractivity contribution in [3.8, 4) is 0 Å². The highest BCUT2D eigenvalue weighted by molar-refractivity contribution is 5.78. The third kappa shape index (κ3) is 4.77. The molecule has 11 heteroatoms. The lowest BCUT2D eigenvalue weighted by Gasteiger charge is -2.39. The second-order valence-corrected chi connectivity index (χ2v) is 8.28. The van der Waals surface area contributed by atoms with Crippen molar-refractivity contribution in [3.05, 3.63) is 52.6 Å². The summed E-state index contributed by atoms with van der Waals surface area (Å²) in [6, 6.07) is 5.44. The summed E-state index contributed by atoms with van der Waals surface area (Å²) in [6.45, 7) is 1.32. The number of alkyl halides is 3. The van der Waals surface area contributed by atoms with Crippen molar-refractivity contribution in [1.82, 2.24) is 19.6 Å². The number of nitrogens with zero attached hydrogens (tertiary/aromatic N) is 4. The van der Waals surface area contributed by atoms with Gasteiger partial charge in [-0.25, -0.2) is 4.39 Å². The number of amides is 1. The number of fused-ring (bicyclic) bond motifs is 1. The molecule has 0 radical (unpaired) electrons. The van der Waals surface area contributed by atoms with E-state index in [-0.39, 0.29) is 56.4 Å². The van der Waals surface area contributed by atoms with Gasteiger partial charge in [0, 0.05) is 25.2 Å². The Morgan fingerprint density at radius 1 is 1.16 bits per heavy atom. The Kier molecular flexibility index (Phi) is 5.93. The third-order valence-electron chi connectivity index (χ3n) is 5.86. The molecule has 0 aliphatic carbocycles. The van der Waals surface area contributed by atoms with Crippen molar-refractivity contribution in [1.29, 1.82) is 0 Å². The highest BCUT2D eigenvalue weighted by Crippen LogP contribution is 2.35. The van der Waals surface area contributed by atoms with E-state index in [0.29, 0.717) is 24.3 Å². The molecule has 0 unspecified atom stereocenters. The van der Waals surface area contributed by atoms with Crippen LogP contribution in [0.3, 0.4) is 0 Å². The molecule has 3 heterocycles. The predicted octanol–water partition coefficient (Wildman–Crippen LogP) is 2.38. The van der Waals surface area contributed by atoms with E-state index >= 15 is 0 Å². The zero-order chi connectivity index (χ0) is 23.0. The van der Waals surface area contributed by atoms with Gasteiger partial charge in [-0.1, -0.05) is 12.1 Å². The van der Waals surface area contributed by atoms with Crippen LogP contribution in [0.15, 0.2) is 24.3 Å². The van der Waals surface area contributed by atoms with Crippen molar-refractivity contribution < 1.29 is 32.3 Å². The fraction of sp³-hybridized carbons (Fsp3) is 0.476. The summed E-state index contributed by atoms with van der Waals surface area (Å²) < 4.78 is 55.0. The Labute approximate surface area is 181 Å². The lowest BCUT2D eigenvalue weighted by Crippen LogP contribution is -2.52. The molecule has 1 saturated heterocycles. The average Bonchev–Trinajstić information content (AvgIpc) is 3.06. The Morgan fingerprint density at radius 3 is 2.47 bits per heavy atom. The van der Waals surface area contributed by atoms with Gasteiger partial charge in [-0.3, -0.25) is 19.2 Å². The maximum atomic E-state index is 13.5. The van der Waals surface area contributed by atoms with Crippen LogP contribution in [0.5, 0.6) is 0 Å². The van der Waals surface area contributed by atoms with Gasteiger partial charge in [0.05, 0.1) is 31.7 Å². The van der Waals surface area contributed by atoms with Crippen molar-refractivity contribution >= 4 is 11.9 Å². The summed E-state index contributed by atoms with van der Waals surface area (Å²) in [4.78, 5) is 26.8. The molecule has 1 aromatic carbocycles. The number of carboxylic acids is 1. The van der Waals surface area contributed by atoms with Crippen LogP contribution in [0.2, 0.25) is 0 Å². The van der Waals surface area contributed by atoms with Crippen LogP contribution in [0.4, 0.5) is 17.6 Å². The van der Waals surface area contributed by atoms with Gasteiger partial charge >= 0.3 is 12.1 Å². The average molecular weight is 454 g/mol. The van der Waals surface area contributed by atoms with E-state index < -0.39 is 23.7 Å². The highest BCUT2D eigenvalue weighted by atomic mass is 19.4. The molecule has 0 bridgehead atoms. The normalized spacial score (nSPS) is 17.2. The van der Waals surface area contributed by atoms with Gasteiger partial charge in [0.2, 0.25) is 5.91 Å². The first kappa shape index (κ1) is 22.3. The number of rotatable bonds is 6. The van der Waals surface area contributed by atoms with Crippen molar-refractivity contribution in [2.24, 2.45) is 5.92 Å². The Bertz CT molecular complexity index is 1010. The lowest BCUT2D eigenvalue weighted by atomic mass is 9.96. The molecule has 1 amide bonds. The molecule has 0 saturated carbocycles. The van der Waals surface area contributed by atoms with E-state index in [2.05, 4.69) is 5.10 Å². The first-order valence-electron chi connectivity index (χ1n) is 10.2. The van der Waals surface area contributed by atoms with Crippen LogP contribution < -0.4 is 0 Å². The van der Waals surface area contributed by atoms with E-state index in [4.69, 9.17) is 5.11 Å². The monoisotopic (exact) mass is 454 g/mol. The first-order chi connectivity index (χ1) is 15.1. The largest absolute Gasteiger partial charge is 0.481 e. The van der Waals surface area contributed by atoms with Gasteiger partial charge in [0.25, 0.3) is 0 Å². The highest BCUT2D eigenvalue weighted by Gasteiger charge is 2.41. The number of aromatic nitrogens is 2. The SMILES string of the molecule is O=C(O)CC1CN(CC(=O)N2CCc3c(C(F)(F)F)nn(Cc4ccc(F)cc4)c3C2)C1. The predicted molar refractivity (Wildman–Crippen MR) is 104 cm³/mol. The molecular weight excluding hydrogens is 432 g/mol. The molecule has 172 valence electrons. The fourth-order valence-corrected chi connectivity index (χ4v) is 4.29. The fourth-order valence-electron chi connectivity index (χ4n) is 4.29. The summed E-state index contributed by atoms with van der Waals surface area (Å²) in [5, 5.41) is 12.6. The zero-order valence-electron chi connectivity index (χ0n) is 17.1. The minimum Gasteiger partial charge on any atom is -0.481 e. The van der Waals surface area contributed by atoms with Crippen LogP contribution in [-0.2, 0) is 35.3 Å². The van der Waals surface area contributed by atoms with E-state index in [1.165, 1.54) is 33.8 Å². The van der Waals surface area contributed by atoms with Gasteiger partial charge in [0.1, 0.15) is 5.82 Å². The standard InChI is InChI=1S/C21H22F4N4O3/c22-15-3-1-13(2-4-15)10-29-17-11-28(6-5-16(17)20(26-29)21(23,24)25)18(30)12-27-8-14(9-27)7-19(31)32/h1-4,14H,5-12H2,(H,31,32). The van der Waals surface area contributed by atoms with Crippen LogP contribution >= 0.6 is 0 Å². The molecule has 1 fully saturated rings. The molecule has 0 atom stereocenters. The number of aliphatic carboxylic acids is 1. The number of carboxylic acid groups (broad SMARTS) is 1. The molecule has 2 aliphatic heterocycles. The third-order valence-corrected chi connectivity index (χ3v) is 5.86. The molecule has 7 nitrogen and oxygen atoms in total. The van der Waals surface area contributed by atoms with Crippen LogP contribution in [-0.4, -0.2) is 62.7 Å². The summed E-state index contributed by atoms with van der Waals surface area (Å²) in [6.07, 6.45) is -4.51. The van der Waals surface area contributed by atoms with Gasteiger partial charge in [-0.15, -0.1) is 0 Å². The molecule has 1 N–H and O–H groups in total. The number of carbonyl (C=O) groups is 2. The molecule has 4 rings (SSSR count). The second kappa shape index (κ2) is 8.53. The van der Waals surface area contributed by atoms with Crippen molar-refractivity contribution in [2.45, 2.75) is 32.1 Å². The quantitative estimate of drug-likeness (QED) is 0.679. The number of benzene rings is 1. The van der Waals surface area contributed by atoms with Crippen LogP contribution in [0, 0.1) is 11.7 Å². The Morgan fingerprint density at radius 2 is 1.84 bits per heavy atom. The molecule has 1 aromatic heterocycles. The molecular formula is C21H22F4N4O3. The lowest BCUT2D eigenvalue weighted by molar-refractivity contribution is -0.142. The minimum absolute atomic E-state index is 0.00480. The maximum absolute atomic E-state index is 13.5. The smallest absolute Gasteiger partial charge is 0.435 e. The van der Waals surface area contributed by atoms with Crippen LogP contribution in [0.1, 0.15) is 28.9 Å². The Hall–Kier alpha value is -2.95. The number of likely N-dealkylation sites (tertiary alicyclic amines) is 1. The van der Waals surface area contributed by atoms with E-state index in [9.17, 15) is 27.2 Å². The summed E-state index contributed by atoms with van der Waals surface area (Å²) in [5.41, 5.74) is 0.0719. The zero-order valence-corrected chi connectivity index (χ0v) is 17.1. The second-order valence-electron chi connectivity index (χ2n) is 8.28. The molecule has 32 heavy (non-hydrogen) atoms. The summed E-state index contributed by atoms with van der Waals surface area (Å²) >= 11 is 0. The summed E-state index contributed by atoms with van der Waals surface area (Å²) in [5.74, 6) is -1.52. The molecule has 2 aromatic rings. The number of carbonyl (C=O) groups excluding carboxylic acids is 1. The maximum Gasteiger partial charge on any atom is 0.435 e. The first-order valence-corrected chi connectivity index (χ1v) is 10.2. The van der Waals surface area contributed by atoms with E-state index in [1.54, 1.807) is 0 Å². The summed E-state index contributed by atoms with van der Waals surface area (Å²) in [7, 11) is 0. The van der Waals surface area contributed by atoms with Crippen molar-refractivity contribution in [2.75, 3.05) is 26.2 Å². The van der Waals surface area contributed by atoms with Crippen molar-refractivity contribution in [3.63, 3.8) is 0 Å². The topological polar surface area (TPSA) is 78.7 Å². The van der Waals surface area contributed by atoms with Gasteiger partial charge in [-0.05, 0) is 30.0 Å². The van der Waals surface area contributed by atoms with E-state index in [0.717, 1.165) is 0 Å². The van der Waals surface area contributed by atoms with E-state index in [1.807, 2.05) is 4.90 Å². The molecule has 0 spiro atoms. The number of hydrogen-bond donors (Lipinski definition) is 1. The molecule has 2 aliphatic rings.